The van der Waals surface area contributed by atoms with Gasteiger partial charge in [0, 0.05) is 0 Å². The summed E-state index contributed by atoms with van der Waals surface area (Å²) in [5.74, 6) is -0.308. The molecule has 1 aromatic rings. The fourth-order valence-corrected chi connectivity index (χ4v) is 2.64. The molecule has 0 bridgehead atoms. The number of carbonyl (C=O) groups excluding carboxylic acids is 1. The number of amides is 1. The number of amidine groups is 1. The Kier molecular flexibility index (Phi) is 5.43. The summed E-state index contributed by atoms with van der Waals surface area (Å²) in [4.78, 5) is 12.5. The van der Waals surface area contributed by atoms with Gasteiger partial charge in [0.2, 0.25) is 0 Å². The summed E-state index contributed by atoms with van der Waals surface area (Å²) in [6.45, 7) is 3.79. The van der Waals surface area contributed by atoms with Crippen molar-refractivity contribution in [3.63, 3.8) is 0 Å². The fourth-order valence-electron chi connectivity index (χ4n) is 1.46. The van der Waals surface area contributed by atoms with Crippen LogP contribution in [0.4, 0.5) is 0 Å². The van der Waals surface area contributed by atoms with Gasteiger partial charge in [0.05, 0.1) is 11.1 Å². The first-order chi connectivity index (χ1) is 8.51. The van der Waals surface area contributed by atoms with Crippen LogP contribution in [0.3, 0.4) is 0 Å². The number of thiophene rings is 1. The zero-order chi connectivity index (χ0) is 13.7. The third-order valence-electron chi connectivity index (χ3n) is 2.46. The highest BCUT2D eigenvalue weighted by Crippen LogP contribution is 2.27. The molecule has 100 valence electrons. The van der Waals surface area contributed by atoms with Crippen molar-refractivity contribution in [2.75, 3.05) is 0 Å². The van der Waals surface area contributed by atoms with Gasteiger partial charge in [-0.05, 0) is 24.3 Å². The predicted molar refractivity (Wildman–Crippen MR) is 73.6 cm³/mol. The molecule has 0 saturated heterocycles. The van der Waals surface area contributed by atoms with Gasteiger partial charge in [-0.1, -0.05) is 30.1 Å². The second-order valence-corrected chi connectivity index (χ2v) is 5.16. The van der Waals surface area contributed by atoms with Gasteiger partial charge in [0.25, 0.3) is 5.91 Å². The van der Waals surface area contributed by atoms with Crippen LogP contribution in [-0.2, 0) is 0 Å². The highest BCUT2D eigenvalue weighted by atomic mass is 35.5. The lowest BCUT2D eigenvalue weighted by Crippen LogP contribution is -2.44. The number of aryl methyl sites for hydroxylation is 1. The van der Waals surface area contributed by atoms with Crippen LogP contribution >= 0.6 is 22.9 Å². The first kappa shape index (κ1) is 14.8. The highest BCUT2D eigenvalue weighted by molar-refractivity contribution is 7.13. The number of halogens is 1. The normalized spacial score (nSPS) is 13.4. The molecular formula is C11H16ClN3O2S. The molecule has 18 heavy (non-hydrogen) atoms. The van der Waals surface area contributed by atoms with Crippen LogP contribution < -0.4 is 11.1 Å². The number of carbonyl (C=O) groups is 1. The molecule has 0 saturated carbocycles. The quantitative estimate of drug-likeness (QED) is 0.336. The van der Waals surface area contributed by atoms with Gasteiger partial charge >= 0.3 is 0 Å². The van der Waals surface area contributed by atoms with Crippen LogP contribution in [0, 0.1) is 6.92 Å². The van der Waals surface area contributed by atoms with Gasteiger partial charge in [-0.2, -0.15) is 0 Å². The van der Waals surface area contributed by atoms with Crippen LogP contribution in [0.15, 0.2) is 10.5 Å². The molecule has 1 rings (SSSR count). The van der Waals surface area contributed by atoms with Crippen LogP contribution in [0.25, 0.3) is 0 Å². The molecule has 0 radical (unpaired) electrons. The van der Waals surface area contributed by atoms with Crippen LogP contribution in [0.5, 0.6) is 0 Å². The Balaban J connectivity index is 2.82. The van der Waals surface area contributed by atoms with Gasteiger partial charge in [-0.15, -0.1) is 11.3 Å². The maximum absolute atomic E-state index is 12.0. The Morgan fingerprint density at radius 3 is 2.83 bits per heavy atom. The molecule has 1 unspecified atom stereocenters. The summed E-state index contributed by atoms with van der Waals surface area (Å²) in [6, 6.07) is -0.481. The van der Waals surface area contributed by atoms with Crippen LogP contribution in [0.1, 0.15) is 35.0 Å². The van der Waals surface area contributed by atoms with E-state index in [-0.39, 0.29) is 11.7 Å². The SMILES string of the molecule is CCCC(NC(=O)c1scc(C)c1Cl)/C(N)=N/O. The molecular weight excluding hydrogens is 274 g/mol. The van der Waals surface area contributed by atoms with E-state index in [2.05, 4.69) is 10.5 Å². The number of hydrogen-bond acceptors (Lipinski definition) is 4. The average molecular weight is 290 g/mol. The Hall–Kier alpha value is -1.27. The standard InChI is InChI=1S/C11H16ClN3O2S/c1-3-4-7(10(13)15-17)14-11(16)9-8(12)6(2)5-18-9/h5,7,17H,3-4H2,1-2H3,(H2,13,15)(H,14,16). The van der Waals surface area contributed by atoms with E-state index in [0.717, 1.165) is 12.0 Å². The fraction of sp³-hybridized carbons (Fsp3) is 0.455. The first-order valence-corrected chi connectivity index (χ1v) is 6.78. The van der Waals surface area contributed by atoms with Crippen molar-refractivity contribution in [1.82, 2.24) is 5.32 Å². The van der Waals surface area contributed by atoms with E-state index in [1.165, 1.54) is 11.3 Å². The number of hydrogen-bond donors (Lipinski definition) is 3. The highest BCUT2D eigenvalue weighted by Gasteiger charge is 2.20. The van der Waals surface area contributed by atoms with Crippen molar-refractivity contribution in [3.05, 3.63) is 20.8 Å². The molecule has 1 heterocycles. The molecule has 0 aliphatic heterocycles. The number of nitrogens with zero attached hydrogens (tertiary/aromatic N) is 1. The zero-order valence-corrected chi connectivity index (χ0v) is 11.8. The number of rotatable bonds is 5. The van der Waals surface area contributed by atoms with Gasteiger partial charge < -0.3 is 16.3 Å². The second-order valence-electron chi connectivity index (χ2n) is 3.90. The monoisotopic (exact) mass is 289 g/mol. The van der Waals surface area contributed by atoms with Gasteiger partial charge in [-0.3, -0.25) is 4.79 Å². The number of nitrogens with two attached hydrogens (primary N) is 1. The Morgan fingerprint density at radius 1 is 1.72 bits per heavy atom. The average Bonchev–Trinajstić information content (AvgIpc) is 2.68. The van der Waals surface area contributed by atoms with E-state index in [0.29, 0.717) is 16.3 Å². The predicted octanol–water partition coefficient (Wildman–Crippen LogP) is 2.35. The van der Waals surface area contributed by atoms with E-state index in [1.807, 2.05) is 19.2 Å². The molecule has 0 aliphatic rings. The minimum absolute atomic E-state index is 0.00500. The molecule has 0 spiro atoms. The Morgan fingerprint density at radius 2 is 2.39 bits per heavy atom. The lowest BCUT2D eigenvalue weighted by Gasteiger charge is -2.16. The maximum atomic E-state index is 12.0. The molecule has 7 heteroatoms. The minimum Gasteiger partial charge on any atom is -0.409 e. The molecule has 0 fully saturated rings. The molecule has 0 aromatic carbocycles. The molecule has 5 nitrogen and oxygen atoms in total. The molecule has 4 N–H and O–H groups in total. The summed E-state index contributed by atoms with van der Waals surface area (Å²) < 4.78 is 0. The van der Waals surface area contributed by atoms with E-state index in [1.54, 1.807) is 0 Å². The van der Waals surface area contributed by atoms with Crippen molar-refractivity contribution >= 4 is 34.7 Å². The lowest BCUT2D eigenvalue weighted by atomic mass is 10.1. The molecule has 1 aromatic heterocycles. The van der Waals surface area contributed by atoms with Crippen molar-refractivity contribution in [1.29, 1.82) is 0 Å². The van der Waals surface area contributed by atoms with Gasteiger partial charge in [-0.25, -0.2) is 0 Å². The molecule has 1 atom stereocenters. The smallest absolute Gasteiger partial charge is 0.263 e. The van der Waals surface area contributed by atoms with Crippen molar-refractivity contribution in [2.45, 2.75) is 32.7 Å². The molecule has 1 amide bonds. The number of nitrogens with one attached hydrogen (secondary N) is 1. The van der Waals surface area contributed by atoms with E-state index >= 15 is 0 Å². The summed E-state index contributed by atoms with van der Waals surface area (Å²) in [7, 11) is 0. The topological polar surface area (TPSA) is 87.7 Å². The lowest BCUT2D eigenvalue weighted by molar-refractivity contribution is 0.0949. The van der Waals surface area contributed by atoms with Crippen LogP contribution in [-0.4, -0.2) is 23.0 Å². The largest absolute Gasteiger partial charge is 0.409 e. The summed E-state index contributed by atoms with van der Waals surface area (Å²) in [5, 5.41) is 16.6. The third kappa shape index (κ3) is 3.36. The Bertz CT molecular complexity index is 459. The summed E-state index contributed by atoms with van der Waals surface area (Å²) >= 11 is 7.29. The second kappa shape index (κ2) is 6.61. The minimum atomic E-state index is -0.481. The van der Waals surface area contributed by atoms with Crippen molar-refractivity contribution < 1.29 is 10.0 Å². The van der Waals surface area contributed by atoms with Crippen molar-refractivity contribution in [2.24, 2.45) is 10.9 Å². The molecule has 0 aliphatic carbocycles. The van der Waals surface area contributed by atoms with Crippen molar-refractivity contribution in [3.8, 4) is 0 Å². The van der Waals surface area contributed by atoms with Gasteiger partial charge in [0.15, 0.2) is 5.84 Å². The van der Waals surface area contributed by atoms with E-state index in [9.17, 15) is 4.79 Å². The van der Waals surface area contributed by atoms with Crippen LogP contribution in [0.2, 0.25) is 5.02 Å². The maximum Gasteiger partial charge on any atom is 0.263 e. The first-order valence-electron chi connectivity index (χ1n) is 5.53. The Labute approximate surface area is 115 Å². The summed E-state index contributed by atoms with van der Waals surface area (Å²) in [6.07, 6.45) is 1.40. The third-order valence-corrected chi connectivity index (χ3v) is 4.16. The summed E-state index contributed by atoms with van der Waals surface area (Å²) in [5.41, 5.74) is 6.39. The van der Waals surface area contributed by atoms with Gasteiger partial charge in [0.1, 0.15) is 4.88 Å². The van der Waals surface area contributed by atoms with E-state index in [4.69, 9.17) is 22.5 Å². The van der Waals surface area contributed by atoms with E-state index < -0.39 is 6.04 Å². The number of oxime groups is 1. The zero-order valence-electron chi connectivity index (χ0n) is 10.2.